The van der Waals surface area contributed by atoms with Gasteiger partial charge in [0.1, 0.15) is 0 Å². The van der Waals surface area contributed by atoms with E-state index in [0.29, 0.717) is 18.5 Å². The van der Waals surface area contributed by atoms with E-state index in [1.165, 1.54) is 25.7 Å². The molecule has 0 aromatic carbocycles. The summed E-state index contributed by atoms with van der Waals surface area (Å²) >= 11 is 0. The lowest BCUT2D eigenvalue weighted by Gasteiger charge is -2.24. The van der Waals surface area contributed by atoms with Crippen LogP contribution < -0.4 is 10.6 Å². The Morgan fingerprint density at radius 1 is 1.40 bits per heavy atom. The minimum Gasteiger partial charge on any atom is -0.407 e. The van der Waals surface area contributed by atoms with Crippen LogP contribution in [-0.2, 0) is 6.54 Å². The second kappa shape index (κ2) is 5.11. The van der Waals surface area contributed by atoms with Crippen molar-refractivity contribution in [3.8, 4) is 0 Å². The highest BCUT2D eigenvalue weighted by Gasteiger charge is 2.16. The topological polar surface area (TPSA) is 63.0 Å². The number of rotatable bonds is 6. The molecule has 0 unspecified atom stereocenters. The summed E-state index contributed by atoms with van der Waals surface area (Å²) in [6.45, 7) is 1.56. The summed E-state index contributed by atoms with van der Waals surface area (Å²) in [7, 11) is 1.86. The molecule has 0 amide bonds. The molecule has 1 aliphatic rings. The fourth-order valence-electron chi connectivity index (χ4n) is 1.71. The fraction of sp³-hybridized carbons (Fsp3) is 0.800. The lowest BCUT2D eigenvalue weighted by Crippen LogP contribution is -2.15. The Hall–Kier alpha value is -1.10. The van der Waals surface area contributed by atoms with Crippen LogP contribution in [0.4, 0.5) is 6.01 Å². The van der Waals surface area contributed by atoms with Gasteiger partial charge in [0, 0.05) is 6.54 Å². The number of aromatic nitrogens is 2. The van der Waals surface area contributed by atoms with E-state index in [-0.39, 0.29) is 0 Å². The molecular weight excluding hydrogens is 192 g/mol. The van der Waals surface area contributed by atoms with Crippen LogP contribution in [-0.4, -0.2) is 23.8 Å². The Morgan fingerprint density at radius 3 is 2.93 bits per heavy atom. The SMILES string of the molecule is CNCc1nnc(NCCC2CCC2)o1. The van der Waals surface area contributed by atoms with E-state index in [4.69, 9.17) is 4.42 Å². The molecule has 1 aromatic heterocycles. The van der Waals surface area contributed by atoms with Crippen molar-refractivity contribution in [2.45, 2.75) is 32.2 Å². The molecular formula is C10H18N4O. The summed E-state index contributed by atoms with van der Waals surface area (Å²) in [6, 6.07) is 0.541. The standard InChI is InChI=1S/C10H18N4O/c1-11-7-9-13-14-10(15-9)12-6-5-8-3-2-4-8/h8,11H,2-7H2,1H3,(H,12,14). The first-order chi connectivity index (χ1) is 7.38. The van der Waals surface area contributed by atoms with Crippen molar-refractivity contribution in [1.82, 2.24) is 15.5 Å². The van der Waals surface area contributed by atoms with Gasteiger partial charge in [0.05, 0.1) is 6.54 Å². The normalized spacial score (nSPS) is 16.3. The van der Waals surface area contributed by atoms with Crippen molar-refractivity contribution in [2.75, 3.05) is 18.9 Å². The molecule has 84 valence electrons. The molecule has 0 radical (unpaired) electrons. The number of hydrogen-bond donors (Lipinski definition) is 2. The fourth-order valence-corrected chi connectivity index (χ4v) is 1.71. The van der Waals surface area contributed by atoms with E-state index >= 15 is 0 Å². The molecule has 5 nitrogen and oxygen atoms in total. The predicted molar refractivity (Wildman–Crippen MR) is 57.5 cm³/mol. The molecule has 0 spiro atoms. The van der Waals surface area contributed by atoms with Crippen LogP contribution in [0.1, 0.15) is 31.6 Å². The molecule has 1 aromatic rings. The summed E-state index contributed by atoms with van der Waals surface area (Å²) < 4.78 is 5.36. The van der Waals surface area contributed by atoms with Gasteiger partial charge in [-0.05, 0) is 19.4 Å². The number of hydrogen-bond acceptors (Lipinski definition) is 5. The van der Waals surface area contributed by atoms with E-state index in [2.05, 4.69) is 20.8 Å². The third-order valence-electron chi connectivity index (χ3n) is 2.85. The molecule has 2 rings (SSSR count). The Labute approximate surface area is 89.6 Å². The zero-order chi connectivity index (χ0) is 10.5. The summed E-state index contributed by atoms with van der Waals surface area (Å²) in [5.41, 5.74) is 0. The Morgan fingerprint density at radius 2 is 2.27 bits per heavy atom. The van der Waals surface area contributed by atoms with Crippen molar-refractivity contribution < 1.29 is 4.42 Å². The zero-order valence-electron chi connectivity index (χ0n) is 9.12. The Bertz CT molecular complexity index is 295. The van der Waals surface area contributed by atoms with Crippen LogP contribution in [0.2, 0.25) is 0 Å². The van der Waals surface area contributed by atoms with Crippen LogP contribution in [0.3, 0.4) is 0 Å². The van der Waals surface area contributed by atoms with Crippen LogP contribution in [0, 0.1) is 5.92 Å². The Balaban J connectivity index is 1.67. The van der Waals surface area contributed by atoms with Crippen molar-refractivity contribution >= 4 is 6.01 Å². The summed E-state index contributed by atoms with van der Waals surface area (Å²) in [4.78, 5) is 0. The van der Waals surface area contributed by atoms with Gasteiger partial charge in [-0.3, -0.25) is 0 Å². The second-order valence-corrected chi connectivity index (χ2v) is 4.04. The van der Waals surface area contributed by atoms with Crippen LogP contribution >= 0.6 is 0 Å². The van der Waals surface area contributed by atoms with Crippen molar-refractivity contribution in [3.05, 3.63) is 5.89 Å². The molecule has 0 saturated heterocycles. The molecule has 0 atom stereocenters. The molecule has 2 N–H and O–H groups in total. The minimum atomic E-state index is 0.541. The van der Waals surface area contributed by atoms with Crippen molar-refractivity contribution in [1.29, 1.82) is 0 Å². The highest BCUT2D eigenvalue weighted by Crippen LogP contribution is 2.29. The summed E-state index contributed by atoms with van der Waals surface area (Å²) in [5, 5.41) is 13.9. The van der Waals surface area contributed by atoms with Gasteiger partial charge in [-0.25, -0.2) is 0 Å². The first kappa shape index (κ1) is 10.4. The van der Waals surface area contributed by atoms with Crippen LogP contribution in [0.15, 0.2) is 4.42 Å². The maximum Gasteiger partial charge on any atom is 0.315 e. The van der Waals surface area contributed by atoms with Crippen molar-refractivity contribution in [2.24, 2.45) is 5.92 Å². The van der Waals surface area contributed by atoms with Crippen LogP contribution in [0.25, 0.3) is 0 Å². The molecule has 1 fully saturated rings. The first-order valence-corrected chi connectivity index (χ1v) is 5.59. The van der Waals surface area contributed by atoms with Gasteiger partial charge in [-0.1, -0.05) is 24.4 Å². The van der Waals surface area contributed by atoms with E-state index in [1.54, 1.807) is 0 Å². The molecule has 1 saturated carbocycles. The molecule has 15 heavy (non-hydrogen) atoms. The van der Waals surface area contributed by atoms with E-state index in [1.807, 2.05) is 7.05 Å². The molecule has 1 heterocycles. The molecule has 0 bridgehead atoms. The summed E-state index contributed by atoms with van der Waals surface area (Å²) in [6.07, 6.45) is 5.38. The smallest absolute Gasteiger partial charge is 0.315 e. The number of nitrogens with zero attached hydrogens (tertiary/aromatic N) is 2. The van der Waals surface area contributed by atoms with Gasteiger partial charge in [-0.15, -0.1) is 5.10 Å². The largest absolute Gasteiger partial charge is 0.407 e. The quantitative estimate of drug-likeness (QED) is 0.743. The third kappa shape index (κ3) is 2.92. The third-order valence-corrected chi connectivity index (χ3v) is 2.85. The molecule has 5 heteroatoms. The Kier molecular flexibility index (Phi) is 3.55. The average molecular weight is 210 g/mol. The van der Waals surface area contributed by atoms with Crippen molar-refractivity contribution in [3.63, 3.8) is 0 Å². The van der Waals surface area contributed by atoms with Gasteiger partial charge in [-0.2, -0.15) is 0 Å². The van der Waals surface area contributed by atoms with Gasteiger partial charge in [0.2, 0.25) is 5.89 Å². The lowest BCUT2D eigenvalue weighted by atomic mass is 9.83. The molecule has 0 aliphatic heterocycles. The highest BCUT2D eigenvalue weighted by atomic mass is 16.4. The van der Waals surface area contributed by atoms with Gasteiger partial charge in [0.15, 0.2) is 0 Å². The number of nitrogens with one attached hydrogen (secondary N) is 2. The van der Waals surface area contributed by atoms with E-state index in [0.717, 1.165) is 12.5 Å². The van der Waals surface area contributed by atoms with E-state index < -0.39 is 0 Å². The average Bonchev–Trinajstić information content (AvgIpc) is 2.58. The second-order valence-electron chi connectivity index (χ2n) is 4.04. The van der Waals surface area contributed by atoms with Gasteiger partial charge < -0.3 is 15.1 Å². The van der Waals surface area contributed by atoms with Crippen LogP contribution in [0.5, 0.6) is 0 Å². The summed E-state index contributed by atoms with van der Waals surface area (Å²) in [5.74, 6) is 1.54. The maximum absolute atomic E-state index is 5.36. The minimum absolute atomic E-state index is 0.541. The van der Waals surface area contributed by atoms with Gasteiger partial charge >= 0.3 is 6.01 Å². The molecule has 1 aliphatic carbocycles. The first-order valence-electron chi connectivity index (χ1n) is 5.59. The lowest BCUT2D eigenvalue weighted by molar-refractivity contribution is 0.302. The monoisotopic (exact) mass is 210 g/mol. The number of anilines is 1. The zero-order valence-corrected chi connectivity index (χ0v) is 9.12. The van der Waals surface area contributed by atoms with Gasteiger partial charge in [0.25, 0.3) is 0 Å². The highest BCUT2D eigenvalue weighted by molar-refractivity contribution is 5.16. The predicted octanol–water partition coefficient (Wildman–Crippen LogP) is 1.39. The maximum atomic E-state index is 5.36. The van der Waals surface area contributed by atoms with E-state index in [9.17, 15) is 0 Å².